The van der Waals surface area contributed by atoms with Crippen LogP contribution in [0.3, 0.4) is 0 Å². The molecule has 0 atom stereocenters. The third-order valence-corrected chi connectivity index (χ3v) is 4.20. The second-order valence-corrected chi connectivity index (χ2v) is 7.63. The molecule has 2 rings (SSSR count). The van der Waals surface area contributed by atoms with Gasteiger partial charge in [-0.05, 0) is 32.9 Å². The number of hydrogen-bond donors (Lipinski definition) is 1. The number of benzene rings is 1. The van der Waals surface area contributed by atoms with Crippen LogP contribution in [0.1, 0.15) is 31.1 Å². The van der Waals surface area contributed by atoms with Gasteiger partial charge in [-0.2, -0.15) is 5.10 Å². The molecular weight excluding hydrogens is 318 g/mol. The highest BCUT2D eigenvalue weighted by Gasteiger charge is 2.26. The van der Waals surface area contributed by atoms with E-state index in [4.69, 9.17) is 4.74 Å². The molecule has 8 heteroatoms. The fraction of sp³-hybridized carbons (Fsp3) is 0.333. The first kappa shape index (κ1) is 17.0. The lowest BCUT2D eigenvalue weighted by molar-refractivity contribution is 0.00707. The SMILES string of the molecule is Cn1ncc(C(=O)OC(C)(C)C)c1NS(=O)(=O)c1ccccc1. The van der Waals surface area contributed by atoms with Gasteiger partial charge in [0.05, 0.1) is 11.1 Å². The second-order valence-electron chi connectivity index (χ2n) is 5.95. The van der Waals surface area contributed by atoms with E-state index in [9.17, 15) is 13.2 Å². The van der Waals surface area contributed by atoms with E-state index in [0.29, 0.717) is 0 Å². The van der Waals surface area contributed by atoms with E-state index < -0.39 is 21.6 Å². The maximum Gasteiger partial charge on any atom is 0.344 e. The highest BCUT2D eigenvalue weighted by atomic mass is 32.2. The maximum absolute atomic E-state index is 12.4. The molecule has 0 spiro atoms. The van der Waals surface area contributed by atoms with Gasteiger partial charge in [-0.1, -0.05) is 18.2 Å². The Bertz CT molecular complexity index is 805. The Hall–Kier alpha value is -2.35. The molecule has 0 bridgehead atoms. The number of sulfonamides is 1. The van der Waals surface area contributed by atoms with Gasteiger partial charge in [0, 0.05) is 7.05 Å². The quantitative estimate of drug-likeness (QED) is 0.864. The number of ether oxygens (including phenoxy) is 1. The van der Waals surface area contributed by atoms with Crippen molar-refractivity contribution in [2.45, 2.75) is 31.3 Å². The zero-order chi connectivity index (χ0) is 17.3. The van der Waals surface area contributed by atoms with Crippen molar-refractivity contribution in [3.63, 3.8) is 0 Å². The summed E-state index contributed by atoms with van der Waals surface area (Å²) in [6, 6.07) is 7.88. The summed E-state index contributed by atoms with van der Waals surface area (Å²) in [6.07, 6.45) is 1.27. The van der Waals surface area contributed by atoms with E-state index in [1.807, 2.05) is 0 Å². The number of nitrogens with zero attached hydrogens (tertiary/aromatic N) is 2. The predicted octanol–water partition coefficient (Wildman–Crippen LogP) is 2.18. The van der Waals surface area contributed by atoms with Crippen molar-refractivity contribution in [2.75, 3.05) is 4.72 Å². The summed E-state index contributed by atoms with van der Waals surface area (Å²) in [4.78, 5) is 12.3. The van der Waals surface area contributed by atoms with Gasteiger partial charge in [0.15, 0.2) is 5.82 Å². The molecule has 1 aromatic heterocycles. The van der Waals surface area contributed by atoms with Crippen molar-refractivity contribution < 1.29 is 17.9 Å². The Morgan fingerprint density at radius 2 is 1.83 bits per heavy atom. The molecule has 0 unspecified atom stereocenters. The van der Waals surface area contributed by atoms with Crippen LogP contribution >= 0.6 is 0 Å². The average molecular weight is 337 g/mol. The summed E-state index contributed by atoms with van der Waals surface area (Å²) in [5, 5.41) is 3.93. The topological polar surface area (TPSA) is 90.3 Å². The number of carbonyl (C=O) groups excluding carboxylic acids is 1. The molecule has 0 aliphatic heterocycles. The summed E-state index contributed by atoms with van der Waals surface area (Å²) in [7, 11) is -2.29. The minimum atomic E-state index is -3.82. The Morgan fingerprint density at radius 3 is 2.39 bits per heavy atom. The van der Waals surface area contributed by atoms with Gasteiger partial charge < -0.3 is 4.74 Å². The largest absolute Gasteiger partial charge is 0.456 e. The minimum absolute atomic E-state index is 0.0573. The summed E-state index contributed by atoms with van der Waals surface area (Å²) >= 11 is 0. The number of rotatable bonds is 4. The van der Waals surface area contributed by atoms with Crippen molar-refractivity contribution in [1.82, 2.24) is 9.78 Å². The Kier molecular flexibility index (Phi) is 4.46. The fourth-order valence-corrected chi connectivity index (χ4v) is 2.96. The molecule has 7 nitrogen and oxygen atoms in total. The van der Waals surface area contributed by atoms with Crippen LogP contribution in [0, 0.1) is 0 Å². The van der Waals surface area contributed by atoms with Gasteiger partial charge >= 0.3 is 5.97 Å². The van der Waals surface area contributed by atoms with Crippen LogP contribution in [0.4, 0.5) is 5.82 Å². The fourth-order valence-electron chi connectivity index (χ4n) is 1.83. The molecule has 1 aromatic carbocycles. The van der Waals surface area contributed by atoms with E-state index in [0.717, 1.165) is 0 Å². The standard InChI is InChI=1S/C15H19N3O4S/c1-15(2,3)22-14(19)12-10-16-18(4)13(12)17-23(20,21)11-8-6-5-7-9-11/h5-10,17H,1-4H3. The molecule has 0 aliphatic carbocycles. The molecule has 23 heavy (non-hydrogen) atoms. The van der Waals surface area contributed by atoms with Crippen LogP contribution in [0.5, 0.6) is 0 Å². The zero-order valence-electron chi connectivity index (χ0n) is 13.4. The third-order valence-electron chi connectivity index (χ3n) is 2.84. The molecule has 0 radical (unpaired) electrons. The molecule has 1 N–H and O–H groups in total. The normalized spacial score (nSPS) is 12.0. The van der Waals surface area contributed by atoms with Gasteiger partial charge in [-0.25, -0.2) is 13.2 Å². The molecule has 124 valence electrons. The Labute approximate surface area is 135 Å². The smallest absolute Gasteiger partial charge is 0.344 e. The van der Waals surface area contributed by atoms with Crippen molar-refractivity contribution in [1.29, 1.82) is 0 Å². The molecule has 0 aliphatic rings. The van der Waals surface area contributed by atoms with Gasteiger partial charge in [0.25, 0.3) is 10.0 Å². The first-order chi connectivity index (χ1) is 10.6. The third kappa shape index (κ3) is 4.10. The average Bonchev–Trinajstić information content (AvgIpc) is 2.79. The molecule has 0 saturated heterocycles. The Morgan fingerprint density at radius 1 is 1.22 bits per heavy atom. The molecule has 0 amide bonds. The highest BCUT2D eigenvalue weighted by molar-refractivity contribution is 7.92. The van der Waals surface area contributed by atoms with Crippen LogP contribution < -0.4 is 4.72 Å². The minimum Gasteiger partial charge on any atom is -0.456 e. The lowest BCUT2D eigenvalue weighted by atomic mass is 10.2. The summed E-state index contributed by atoms with van der Waals surface area (Å²) < 4.78 is 33.8. The lowest BCUT2D eigenvalue weighted by Crippen LogP contribution is -2.25. The van der Waals surface area contributed by atoms with Gasteiger partial charge in [0.2, 0.25) is 0 Å². The maximum atomic E-state index is 12.4. The number of hydrogen-bond acceptors (Lipinski definition) is 5. The number of carbonyl (C=O) groups is 1. The van der Waals surface area contributed by atoms with Crippen LogP contribution in [0.2, 0.25) is 0 Å². The van der Waals surface area contributed by atoms with E-state index in [1.165, 1.54) is 30.1 Å². The number of aryl methyl sites for hydroxylation is 1. The molecule has 0 saturated carbocycles. The Balaban J connectivity index is 2.35. The summed E-state index contributed by atoms with van der Waals surface area (Å²) in [6.45, 7) is 5.19. The van der Waals surface area contributed by atoms with Crippen LogP contribution in [0.15, 0.2) is 41.4 Å². The predicted molar refractivity (Wildman–Crippen MR) is 85.6 cm³/mol. The van der Waals surface area contributed by atoms with Crippen molar-refractivity contribution in [3.8, 4) is 0 Å². The van der Waals surface area contributed by atoms with Crippen LogP contribution in [0.25, 0.3) is 0 Å². The van der Waals surface area contributed by atoms with Gasteiger partial charge in [-0.15, -0.1) is 0 Å². The summed E-state index contributed by atoms with van der Waals surface area (Å²) in [5.41, 5.74) is -0.635. The number of anilines is 1. The molecule has 0 fully saturated rings. The monoisotopic (exact) mass is 337 g/mol. The molecule has 1 heterocycles. The molecule has 2 aromatic rings. The number of aromatic nitrogens is 2. The second kappa shape index (κ2) is 6.04. The highest BCUT2D eigenvalue weighted by Crippen LogP contribution is 2.22. The summed E-state index contributed by atoms with van der Waals surface area (Å²) in [5.74, 6) is -0.584. The van der Waals surface area contributed by atoms with Crippen LogP contribution in [-0.4, -0.2) is 29.8 Å². The number of esters is 1. The van der Waals surface area contributed by atoms with E-state index in [-0.39, 0.29) is 16.3 Å². The number of nitrogens with one attached hydrogen (secondary N) is 1. The van der Waals surface area contributed by atoms with E-state index in [2.05, 4.69) is 9.82 Å². The zero-order valence-corrected chi connectivity index (χ0v) is 14.2. The van der Waals surface area contributed by atoms with E-state index >= 15 is 0 Å². The van der Waals surface area contributed by atoms with Crippen molar-refractivity contribution in [2.24, 2.45) is 7.05 Å². The van der Waals surface area contributed by atoms with Gasteiger partial charge in [0.1, 0.15) is 11.2 Å². The van der Waals surface area contributed by atoms with Crippen molar-refractivity contribution >= 4 is 21.8 Å². The van der Waals surface area contributed by atoms with E-state index in [1.54, 1.807) is 39.0 Å². The molecular formula is C15H19N3O4S. The first-order valence-electron chi connectivity index (χ1n) is 6.93. The van der Waals surface area contributed by atoms with Crippen molar-refractivity contribution in [3.05, 3.63) is 42.1 Å². The lowest BCUT2D eigenvalue weighted by Gasteiger charge is -2.19. The van der Waals surface area contributed by atoms with Gasteiger partial charge in [-0.3, -0.25) is 9.40 Å². The first-order valence-corrected chi connectivity index (χ1v) is 8.42. The van der Waals surface area contributed by atoms with Crippen LogP contribution in [-0.2, 0) is 21.8 Å².